The second kappa shape index (κ2) is 30.3. The number of fused-ring (bicyclic) bond motifs is 1. The number of H-pyrrole nitrogens is 1. The molecule has 1 N–H and O–H groups in total. The molecule has 1 aromatic carbocycles. The molecule has 0 radical (unpaired) electrons. The van der Waals surface area contributed by atoms with Gasteiger partial charge in [-0.3, -0.25) is 13.9 Å². The Bertz CT molecular complexity index is 1750. The number of carbonyl (C=O) groups excluding carboxylic acids is 1. The maximum Gasteiger partial charge on any atom is 0.332 e. The van der Waals surface area contributed by atoms with E-state index in [1.54, 1.807) is 17.8 Å². The average molecular weight is 847 g/mol. The van der Waals surface area contributed by atoms with Crippen LogP contribution in [0.25, 0.3) is 28.6 Å². The lowest BCUT2D eigenvalue weighted by Crippen LogP contribution is -2.41. The fourth-order valence-corrected chi connectivity index (χ4v) is 6.47. The molecule has 0 saturated heterocycles. The first-order valence-corrected chi connectivity index (χ1v) is 21.3. The lowest BCUT2D eigenvalue weighted by molar-refractivity contribution is -0.139. The monoisotopic (exact) mass is 846 g/mol. The average Bonchev–Trinajstić information content (AvgIpc) is 3.72. The Kier molecular flexibility index (Phi) is 24.7. The van der Waals surface area contributed by atoms with E-state index in [2.05, 4.69) is 4.98 Å². The number of nitrogens with one attached hydrogen (secondary N) is 1. The molecule has 0 aliphatic heterocycles. The fraction of sp³-hybridized carbons (Fsp3) is 0.674. The van der Waals surface area contributed by atoms with E-state index in [0.717, 1.165) is 36.8 Å². The van der Waals surface area contributed by atoms with Gasteiger partial charge in [-0.25, -0.2) is 14.6 Å². The Hall–Kier alpha value is -3.78. The van der Waals surface area contributed by atoms with Gasteiger partial charge >= 0.3 is 11.7 Å². The minimum Gasteiger partial charge on any atom is -0.460 e. The van der Waals surface area contributed by atoms with E-state index < -0.39 is 5.97 Å². The number of hydrogen-bond acceptors (Lipinski definition) is 14. The molecule has 1 fully saturated rings. The standard InChI is InChI=1S/C43H66N4O13/c1-3-15-46-42(49)39-41(47(43(46)50)34-36-7-5-4-6-8-36)45-40(44-39)37-12-9-35(10-13-37)11-14-38(48)60-33-32-59-31-30-58-29-28-57-27-26-56-25-24-55-23-22-54-21-20-53-19-18-52-17-16-51-2/h9-14,36H,3-8,15-34H2,1-2H3,(H,44,45)/b14-11+. The summed E-state index contributed by atoms with van der Waals surface area (Å²) in [5, 5.41) is 0. The quantitative estimate of drug-likeness (QED) is 0.0520. The van der Waals surface area contributed by atoms with Crippen molar-refractivity contribution in [1.29, 1.82) is 0 Å². The third kappa shape index (κ3) is 18.5. The molecule has 336 valence electrons. The summed E-state index contributed by atoms with van der Waals surface area (Å²) in [5.41, 5.74) is 1.64. The van der Waals surface area contributed by atoms with Crippen molar-refractivity contribution in [3.63, 3.8) is 0 Å². The number of esters is 1. The van der Waals surface area contributed by atoms with Crippen LogP contribution in [0, 0.1) is 5.92 Å². The van der Waals surface area contributed by atoms with Crippen molar-refractivity contribution in [1.82, 2.24) is 19.1 Å². The zero-order valence-electron chi connectivity index (χ0n) is 35.6. The third-order valence-corrected chi connectivity index (χ3v) is 9.58. The maximum atomic E-state index is 13.4. The van der Waals surface area contributed by atoms with Gasteiger partial charge in [-0.15, -0.1) is 0 Å². The van der Waals surface area contributed by atoms with E-state index >= 15 is 0 Å². The lowest BCUT2D eigenvalue weighted by Gasteiger charge is -2.22. The van der Waals surface area contributed by atoms with Crippen LogP contribution in [-0.2, 0) is 65.3 Å². The molecule has 1 aliphatic carbocycles. The first-order chi connectivity index (χ1) is 29.5. The SMILES string of the molecule is CCCn1c(=O)c2[nH]c(-c3ccc(/C=C/C(=O)OCCOCCOCCOCCOCCOCCOCCOCCOCCOC)cc3)nc2n(CC2CCCCC2)c1=O. The van der Waals surface area contributed by atoms with Gasteiger partial charge in [-0.2, -0.15) is 0 Å². The molecule has 1 saturated carbocycles. The van der Waals surface area contributed by atoms with E-state index in [1.807, 2.05) is 31.2 Å². The minimum atomic E-state index is -0.483. The molecule has 0 spiro atoms. The van der Waals surface area contributed by atoms with Crippen LogP contribution in [0.4, 0.5) is 0 Å². The predicted octanol–water partition coefficient (Wildman–Crippen LogP) is 3.88. The molecule has 0 atom stereocenters. The largest absolute Gasteiger partial charge is 0.460 e. The Morgan fingerprint density at radius 1 is 0.683 bits per heavy atom. The molecule has 60 heavy (non-hydrogen) atoms. The van der Waals surface area contributed by atoms with Crippen LogP contribution in [-0.4, -0.2) is 151 Å². The van der Waals surface area contributed by atoms with E-state index in [1.165, 1.54) is 17.1 Å². The zero-order valence-corrected chi connectivity index (χ0v) is 35.6. The van der Waals surface area contributed by atoms with E-state index in [-0.39, 0.29) is 24.5 Å². The van der Waals surface area contributed by atoms with Crippen molar-refractivity contribution in [2.24, 2.45) is 5.92 Å². The summed E-state index contributed by atoms with van der Waals surface area (Å²) >= 11 is 0. The van der Waals surface area contributed by atoms with Crippen molar-refractivity contribution in [2.45, 2.75) is 58.5 Å². The van der Waals surface area contributed by atoms with Gasteiger partial charge < -0.3 is 52.4 Å². The van der Waals surface area contributed by atoms with Crippen LogP contribution in [0.5, 0.6) is 0 Å². The van der Waals surface area contributed by atoms with E-state index in [0.29, 0.717) is 148 Å². The zero-order chi connectivity index (χ0) is 42.5. The summed E-state index contributed by atoms with van der Waals surface area (Å²) in [6.45, 7) is 11.0. The Balaban J connectivity index is 0.987. The van der Waals surface area contributed by atoms with Crippen LogP contribution in [0.2, 0.25) is 0 Å². The van der Waals surface area contributed by atoms with Crippen LogP contribution in [0.1, 0.15) is 51.0 Å². The van der Waals surface area contributed by atoms with E-state index in [4.69, 9.17) is 52.4 Å². The molecule has 4 rings (SSSR count). The molecule has 2 aromatic heterocycles. The lowest BCUT2D eigenvalue weighted by atomic mass is 9.89. The molecule has 17 heteroatoms. The molecule has 2 heterocycles. The smallest absolute Gasteiger partial charge is 0.332 e. The molecule has 0 bridgehead atoms. The maximum absolute atomic E-state index is 13.4. The molecule has 0 amide bonds. The summed E-state index contributed by atoms with van der Waals surface area (Å²) in [7, 11) is 1.64. The first kappa shape index (κ1) is 48.9. The summed E-state index contributed by atoms with van der Waals surface area (Å²) in [6.07, 6.45) is 9.39. The van der Waals surface area contributed by atoms with Gasteiger partial charge in [0.1, 0.15) is 17.9 Å². The topological polar surface area (TPSA) is 182 Å². The van der Waals surface area contributed by atoms with Crippen LogP contribution in [0.15, 0.2) is 39.9 Å². The second-order valence-electron chi connectivity index (χ2n) is 14.2. The molecule has 1 aliphatic rings. The molecular weight excluding hydrogens is 780 g/mol. The molecule has 3 aromatic rings. The van der Waals surface area contributed by atoms with Crippen LogP contribution in [0.3, 0.4) is 0 Å². The van der Waals surface area contributed by atoms with Gasteiger partial charge in [-0.1, -0.05) is 50.5 Å². The number of rotatable bonds is 34. The number of aromatic nitrogens is 4. The summed E-state index contributed by atoms with van der Waals surface area (Å²) in [4.78, 5) is 46.9. The van der Waals surface area contributed by atoms with Gasteiger partial charge in [0.25, 0.3) is 5.56 Å². The van der Waals surface area contributed by atoms with E-state index in [9.17, 15) is 14.4 Å². The molecule has 0 unspecified atom stereocenters. The van der Waals surface area contributed by atoms with Gasteiger partial charge in [0.2, 0.25) is 0 Å². The van der Waals surface area contributed by atoms with Gasteiger partial charge in [-0.05, 0) is 36.8 Å². The Labute approximate surface area is 352 Å². The van der Waals surface area contributed by atoms with Crippen molar-refractivity contribution in [3.05, 3.63) is 56.7 Å². The van der Waals surface area contributed by atoms with Crippen molar-refractivity contribution < 1.29 is 52.2 Å². The Morgan fingerprint density at radius 2 is 1.17 bits per heavy atom. The number of methoxy groups -OCH3 is 1. The highest BCUT2D eigenvalue weighted by Gasteiger charge is 2.21. The number of imidazole rings is 1. The third-order valence-electron chi connectivity index (χ3n) is 9.58. The van der Waals surface area contributed by atoms with Gasteiger partial charge in [0, 0.05) is 31.8 Å². The summed E-state index contributed by atoms with van der Waals surface area (Å²) in [5.74, 6) is 0.419. The number of benzene rings is 1. The first-order valence-electron chi connectivity index (χ1n) is 21.3. The highest BCUT2D eigenvalue weighted by Crippen LogP contribution is 2.26. The number of nitrogens with zero attached hydrogens (tertiary/aromatic N) is 3. The minimum absolute atomic E-state index is 0.115. The number of ether oxygens (including phenoxy) is 10. The highest BCUT2D eigenvalue weighted by atomic mass is 16.6. The van der Waals surface area contributed by atoms with Crippen LogP contribution < -0.4 is 11.2 Å². The summed E-state index contributed by atoms with van der Waals surface area (Å²) in [6, 6.07) is 7.41. The number of hydrogen-bond donors (Lipinski definition) is 1. The van der Waals surface area contributed by atoms with Gasteiger partial charge in [0.05, 0.1) is 112 Å². The van der Waals surface area contributed by atoms with Crippen molar-refractivity contribution >= 4 is 23.2 Å². The Morgan fingerprint density at radius 3 is 1.65 bits per heavy atom. The molecule has 17 nitrogen and oxygen atoms in total. The van der Waals surface area contributed by atoms with Crippen molar-refractivity contribution in [3.8, 4) is 11.4 Å². The normalized spacial score (nSPS) is 13.6. The van der Waals surface area contributed by atoms with Crippen LogP contribution >= 0.6 is 0 Å². The number of carbonyl (C=O) groups is 1. The fourth-order valence-electron chi connectivity index (χ4n) is 6.47. The number of aromatic amines is 1. The van der Waals surface area contributed by atoms with Gasteiger partial charge in [0.15, 0.2) is 5.65 Å². The molecular formula is C43H66N4O13. The summed E-state index contributed by atoms with van der Waals surface area (Å²) < 4.78 is 56.7. The second-order valence-corrected chi connectivity index (χ2v) is 14.2. The predicted molar refractivity (Wildman–Crippen MR) is 225 cm³/mol. The highest BCUT2D eigenvalue weighted by molar-refractivity contribution is 5.87. The van der Waals surface area contributed by atoms with Crippen molar-refractivity contribution in [2.75, 3.05) is 126 Å².